The Kier molecular flexibility index (Phi) is 6.45. The molecule has 0 fully saturated rings. The van der Waals surface area contributed by atoms with Crippen molar-refractivity contribution in [2.24, 2.45) is 0 Å². The predicted molar refractivity (Wildman–Crippen MR) is 118 cm³/mol. The van der Waals surface area contributed by atoms with E-state index in [1.165, 1.54) is 10.6 Å². The number of thiazole rings is 1. The van der Waals surface area contributed by atoms with Gasteiger partial charge in [-0.15, -0.1) is 11.3 Å². The number of anilines is 1. The van der Waals surface area contributed by atoms with E-state index in [4.69, 9.17) is 4.74 Å². The van der Waals surface area contributed by atoms with Gasteiger partial charge in [-0.2, -0.15) is 5.26 Å². The van der Waals surface area contributed by atoms with Crippen LogP contribution >= 0.6 is 11.3 Å². The summed E-state index contributed by atoms with van der Waals surface area (Å²) in [7, 11) is 0. The van der Waals surface area contributed by atoms with E-state index in [1.807, 2.05) is 43.3 Å². The number of carbonyl (C=O) groups is 1. The Balaban J connectivity index is 2.10. The van der Waals surface area contributed by atoms with Crippen molar-refractivity contribution >= 4 is 45.7 Å². The number of ether oxygens (including phenoxy) is 1. The van der Waals surface area contributed by atoms with Gasteiger partial charge in [-0.3, -0.25) is 14.3 Å². The summed E-state index contributed by atoms with van der Waals surface area (Å²) in [5.41, 5.74) is 2.07. The van der Waals surface area contributed by atoms with Gasteiger partial charge in [0, 0.05) is 29.5 Å². The van der Waals surface area contributed by atoms with Gasteiger partial charge >= 0.3 is 5.97 Å². The molecule has 2 aromatic heterocycles. The molecule has 0 saturated carbocycles. The molecule has 8 heteroatoms. The summed E-state index contributed by atoms with van der Waals surface area (Å²) in [5.74, 6) is -0.782. The molecule has 0 spiro atoms. The zero-order valence-electron chi connectivity index (χ0n) is 16.6. The maximum Gasteiger partial charge on any atom is 0.352 e. The summed E-state index contributed by atoms with van der Waals surface area (Å²) < 4.78 is 7.00. The summed E-state index contributed by atoms with van der Waals surface area (Å²) >= 11 is 1.06. The van der Waals surface area contributed by atoms with E-state index in [-0.39, 0.29) is 22.4 Å². The molecule has 152 valence electrons. The minimum atomic E-state index is -0.782. The predicted octanol–water partition coefficient (Wildman–Crippen LogP) is 2.04. The Bertz CT molecular complexity index is 1350. The zero-order valence-corrected chi connectivity index (χ0v) is 17.5. The molecule has 0 bridgehead atoms. The molecule has 2 heterocycles. The largest absolute Gasteiger partial charge is 0.457 e. The minimum Gasteiger partial charge on any atom is -0.457 e. The van der Waals surface area contributed by atoms with Crippen LogP contribution in [-0.2, 0) is 16.1 Å². The van der Waals surface area contributed by atoms with Crippen molar-refractivity contribution in [2.45, 2.75) is 20.4 Å². The van der Waals surface area contributed by atoms with E-state index >= 15 is 0 Å². The van der Waals surface area contributed by atoms with Gasteiger partial charge < -0.3 is 10.1 Å². The standard InChI is InChI=1S/C22H20N4O3S/c1-4-11-29-22(28)16(12-23)21-26(5-2)20(27)19(30-21)13-24-17-7-6-8-18-15(17)10-9-14(3)25-18/h4,6-10,13,24H,1,5,11H2,2-3H3/b19-13+,21-16-. The van der Waals surface area contributed by atoms with Crippen LogP contribution in [0.3, 0.4) is 0 Å². The number of benzene rings is 1. The molecule has 0 aliphatic rings. The smallest absolute Gasteiger partial charge is 0.352 e. The molecule has 0 saturated heterocycles. The van der Waals surface area contributed by atoms with Crippen LogP contribution in [-0.4, -0.2) is 22.1 Å². The molecule has 3 rings (SSSR count). The molecule has 0 aliphatic carbocycles. The molecule has 30 heavy (non-hydrogen) atoms. The van der Waals surface area contributed by atoms with Crippen molar-refractivity contribution in [1.82, 2.24) is 9.55 Å². The Morgan fingerprint density at radius 3 is 2.90 bits per heavy atom. The van der Waals surface area contributed by atoms with Gasteiger partial charge in [0.1, 0.15) is 21.9 Å². The van der Waals surface area contributed by atoms with E-state index in [0.717, 1.165) is 33.6 Å². The average Bonchev–Trinajstić information content (AvgIpc) is 3.05. The highest BCUT2D eigenvalue weighted by atomic mass is 32.1. The fourth-order valence-electron chi connectivity index (χ4n) is 2.91. The maximum atomic E-state index is 12.8. The van der Waals surface area contributed by atoms with Crippen LogP contribution in [0, 0.1) is 18.3 Å². The van der Waals surface area contributed by atoms with Crippen LogP contribution in [0.15, 0.2) is 47.8 Å². The van der Waals surface area contributed by atoms with Crippen LogP contribution in [0.4, 0.5) is 5.69 Å². The van der Waals surface area contributed by atoms with Gasteiger partial charge in [-0.25, -0.2) is 4.79 Å². The van der Waals surface area contributed by atoms with Gasteiger partial charge in [0.2, 0.25) is 0 Å². The van der Waals surface area contributed by atoms with E-state index in [0.29, 0.717) is 11.1 Å². The maximum absolute atomic E-state index is 12.8. The minimum absolute atomic E-state index is 0.0130. The molecular weight excluding hydrogens is 400 g/mol. The average molecular weight is 420 g/mol. The molecule has 0 amide bonds. The molecule has 7 nitrogen and oxygen atoms in total. The second kappa shape index (κ2) is 9.20. The van der Waals surface area contributed by atoms with Crippen LogP contribution in [0.25, 0.3) is 22.7 Å². The van der Waals surface area contributed by atoms with E-state index in [2.05, 4.69) is 16.9 Å². The third kappa shape index (κ3) is 4.16. The van der Waals surface area contributed by atoms with Gasteiger partial charge in [0.05, 0.1) is 5.52 Å². The second-order valence-corrected chi connectivity index (χ2v) is 7.34. The molecular formula is C22H20N4O3S. The number of hydrogen-bond acceptors (Lipinski definition) is 7. The lowest BCUT2D eigenvalue weighted by atomic mass is 10.1. The molecule has 1 aromatic carbocycles. The second-order valence-electron chi connectivity index (χ2n) is 6.31. The zero-order chi connectivity index (χ0) is 21.7. The summed E-state index contributed by atoms with van der Waals surface area (Å²) in [5, 5.41) is 13.5. The van der Waals surface area contributed by atoms with Crippen molar-refractivity contribution in [3.05, 3.63) is 68.2 Å². The summed E-state index contributed by atoms with van der Waals surface area (Å²) in [6.45, 7) is 7.49. The summed E-state index contributed by atoms with van der Waals surface area (Å²) in [4.78, 5) is 29.5. The third-order valence-electron chi connectivity index (χ3n) is 4.32. The van der Waals surface area contributed by atoms with Crippen molar-refractivity contribution in [3.63, 3.8) is 0 Å². The normalized spacial score (nSPS) is 12.4. The number of nitrogens with one attached hydrogen (secondary N) is 1. The number of aromatic nitrogens is 2. The van der Waals surface area contributed by atoms with Gasteiger partial charge in [-0.1, -0.05) is 18.7 Å². The number of aryl methyl sites for hydroxylation is 1. The number of pyridine rings is 1. The SMILES string of the molecule is C=CCOC(=O)/C(C#N)=c1\s/c(=C/Nc2cccc3nc(C)ccc23)c(=O)n1CC. The molecule has 3 aromatic rings. The van der Waals surface area contributed by atoms with Crippen molar-refractivity contribution in [2.75, 3.05) is 11.9 Å². The van der Waals surface area contributed by atoms with E-state index in [1.54, 1.807) is 13.1 Å². The first kappa shape index (κ1) is 21.0. The number of fused-ring (bicyclic) bond motifs is 1. The van der Waals surface area contributed by atoms with Gasteiger partial charge in [0.25, 0.3) is 5.56 Å². The number of nitriles is 1. The summed E-state index contributed by atoms with van der Waals surface area (Å²) in [6.07, 6.45) is 3.00. The molecule has 1 N–H and O–H groups in total. The first-order valence-corrected chi connectivity index (χ1v) is 10.1. The first-order valence-electron chi connectivity index (χ1n) is 9.25. The molecule has 0 aliphatic heterocycles. The van der Waals surface area contributed by atoms with E-state index in [9.17, 15) is 14.9 Å². The van der Waals surface area contributed by atoms with Crippen molar-refractivity contribution in [1.29, 1.82) is 5.26 Å². The molecule has 0 atom stereocenters. The van der Waals surface area contributed by atoms with Crippen molar-refractivity contribution < 1.29 is 9.53 Å². The van der Waals surface area contributed by atoms with Gasteiger partial charge in [0.15, 0.2) is 5.57 Å². The summed E-state index contributed by atoms with van der Waals surface area (Å²) in [6, 6.07) is 11.4. The number of rotatable bonds is 6. The van der Waals surface area contributed by atoms with Crippen LogP contribution in [0.2, 0.25) is 0 Å². The number of hydrogen-bond donors (Lipinski definition) is 1. The Labute approximate surface area is 176 Å². The lowest BCUT2D eigenvalue weighted by Gasteiger charge is -2.05. The highest BCUT2D eigenvalue weighted by Crippen LogP contribution is 2.22. The quantitative estimate of drug-likeness (QED) is 0.484. The Morgan fingerprint density at radius 2 is 2.20 bits per heavy atom. The number of nitrogens with zero attached hydrogens (tertiary/aromatic N) is 3. The van der Waals surface area contributed by atoms with Crippen LogP contribution in [0.1, 0.15) is 12.6 Å². The monoisotopic (exact) mass is 420 g/mol. The van der Waals surface area contributed by atoms with Crippen molar-refractivity contribution in [3.8, 4) is 6.07 Å². The van der Waals surface area contributed by atoms with Crippen LogP contribution in [0.5, 0.6) is 0 Å². The number of esters is 1. The highest BCUT2D eigenvalue weighted by molar-refractivity contribution is 7.07. The fourth-order valence-corrected chi connectivity index (χ4v) is 3.98. The fraction of sp³-hybridized carbons (Fsp3) is 0.182. The van der Waals surface area contributed by atoms with Gasteiger partial charge in [-0.05, 0) is 38.1 Å². The van der Waals surface area contributed by atoms with Crippen LogP contribution < -0.4 is 20.1 Å². The van der Waals surface area contributed by atoms with E-state index < -0.39 is 5.97 Å². The lowest BCUT2D eigenvalue weighted by molar-refractivity contribution is -0.135. The topological polar surface area (TPSA) is 97.0 Å². The Hall–Kier alpha value is -3.70. The third-order valence-corrected chi connectivity index (χ3v) is 5.45. The first-order chi connectivity index (χ1) is 14.5. The lowest BCUT2D eigenvalue weighted by Crippen LogP contribution is -2.32. The number of carbonyl (C=O) groups excluding carboxylic acids is 1. The highest BCUT2D eigenvalue weighted by Gasteiger charge is 2.16. The molecule has 0 radical (unpaired) electrons. The molecule has 0 unspecified atom stereocenters. The Morgan fingerprint density at radius 1 is 1.40 bits per heavy atom.